The lowest BCUT2D eigenvalue weighted by Crippen LogP contribution is -2.31. The van der Waals surface area contributed by atoms with Crippen LogP contribution in [0.3, 0.4) is 0 Å². The lowest BCUT2D eigenvalue weighted by Gasteiger charge is -2.19. The summed E-state index contributed by atoms with van der Waals surface area (Å²) >= 11 is 12.2. The van der Waals surface area contributed by atoms with Gasteiger partial charge in [0.05, 0.1) is 28.2 Å². The second-order valence-electron chi connectivity index (χ2n) is 6.15. The minimum Gasteiger partial charge on any atom is -0.481 e. The minimum absolute atomic E-state index is 0.0132. The van der Waals surface area contributed by atoms with Gasteiger partial charge in [-0.05, 0) is 35.9 Å². The number of aromatic nitrogens is 1. The molecule has 8 heteroatoms. The number of carbonyl (C=O) groups is 2. The van der Waals surface area contributed by atoms with E-state index in [-0.39, 0.29) is 27.0 Å². The first-order valence-electron chi connectivity index (χ1n) is 8.55. The third-order valence-corrected chi connectivity index (χ3v) is 5.01. The van der Waals surface area contributed by atoms with Gasteiger partial charge in [-0.3, -0.25) is 9.59 Å². The van der Waals surface area contributed by atoms with E-state index < -0.39 is 30.2 Å². The van der Waals surface area contributed by atoms with Crippen molar-refractivity contribution in [3.63, 3.8) is 0 Å². The highest BCUT2D eigenvalue weighted by molar-refractivity contribution is 6.42. The van der Waals surface area contributed by atoms with E-state index in [1.807, 2.05) is 0 Å². The molecular formula is C21H15Cl2FN2O3. The highest BCUT2D eigenvalue weighted by Crippen LogP contribution is 2.31. The van der Waals surface area contributed by atoms with Crippen molar-refractivity contribution in [1.82, 2.24) is 10.3 Å². The molecule has 3 aromatic rings. The summed E-state index contributed by atoms with van der Waals surface area (Å²) in [5.74, 6) is -2.21. The number of carbonyl (C=O) groups excluding carboxylic acids is 1. The number of rotatable bonds is 6. The van der Waals surface area contributed by atoms with Gasteiger partial charge in [0.25, 0.3) is 5.91 Å². The molecule has 0 fully saturated rings. The van der Waals surface area contributed by atoms with Crippen LogP contribution >= 0.6 is 23.2 Å². The van der Waals surface area contributed by atoms with Crippen LogP contribution in [0.4, 0.5) is 4.39 Å². The zero-order chi connectivity index (χ0) is 21.0. The number of hydrogen-bond donors (Lipinski definition) is 2. The Kier molecular flexibility index (Phi) is 6.46. The number of halogens is 3. The second-order valence-corrected chi connectivity index (χ2v) is 6.94. The molecule has 2 N–H and O–H groups in total. The van der Waals surface area contributed by atoms with Crippen molar-refractivity contribution >= 4 is 35.1 Å². The molecule has 1 aromatic heterocycles. The van der Waals surface area contributed by atoms with Gasteiger partial charge < -0.3 is 10.4 Å². The van der Waals surface area contributed by atoms with E-state index in [2.05, 4.69) is 10.3 Å². The van der Waals surface area contributed by atoms with E-state index in [1.54, 1.807) is 48.5 Å². The Morgan fingerprint density at radius 2 is 1.76 bits per heavy atom. The fraction of sp³-hybridized carbons (Fsp3) is 0.0952. The maximum Gasteiger partial charge on any atom is 0.305 e. The zero-order valence-corrected chi connectivity index (χ0v) is 16.4. The Morgan fingerprint density at radius 1 is 1.03 bits per heavy atom. The first kappa shape index (κ1) is 20.8. The summed E-state index contributed by atoms with van der Waals surface area (Å²) in [4.78, 5) is 28.2. The number of nitrogens with one attached hydrogen (secondary N) is 1. The average molecular weight is 433 g/mol. The van der Waals surface area contributed by atoms with Crippen LogP contribution in [0.15, 0.2) is 60.7 Å². The van der Waals surface area contributed by atoms with Crippen molar-refractivity contribution < 1.29 is 19.1 Å². The van der Waals surface area contributed by atoms with Crippen molar-refractivity contribution in [2.24, 2.45) is 0 Å². The van der Waals surface area contributed by atoms with E-state index in [1.165, 1.54) is 12.1 Å². The second kappa shape index (κ2) is 9.03. The summed E-state index contributed by atoms with van der Waals surface area (Å²) in [7, 11) is 0. The molecule has 0 unspecified atom stereocenters. The number of benzene rings is 2. The van der Waals surface area contributed by atoms with Gasteiger partial charge in [0.15, 0.2) is 0 Å². The van der Waals surface area contributed by atoms with Crippen molar-refractivity contribution in [2.75, 3.05) is 0 Å². The Bertz CT molecular complexity index is 1080. The third kappa shape index (κ3) is 4.91. The molecular weight excluding hydrogens is 418 g/mol. The molecule has 3 rings (SSSR count). The van der Waals surface area contributed by atoms with Gasteiger partial charge in [0, 0.05) is 5.56 Å². The van der Waals surface area contributed by atoms with Crippen molar-refractivity contribution in [1.29, 1.82) is 0 Å². The number of hydrogen-bond acceptors (Lipinski definition) is 3. The first-order chi connectivity index (χ1) is 13.9. The van der Waals surface area contributed by atoms with E-state index >= 15 is 0 Å². The fourth-order valence-corrected chi connectivity index (χ4v) is 3.25. The van der Waals surface area contributed by atoms with Crippen LogP contribution in [0.1, 0.15) is 28.5 Å². The van der Waals surface area contributed by atoms with Gasteiger partial charge in [0.1, 0.15) is 11.5 Å². The van der Waals surface area contributed by atoms with Crippen LogP contribution in [-0.2, 0) is 4.79 Å². The molecule has 29 heavy (non-hydrogen) atoms. The zero-order valence-electron chi connectivity index (χ0n) is 14.9. The van der Waals surface area contributed by atoms with E-state index in [0.29, 0.717) is 5.56 Å². The molecule has 0 spiro atoms. The Balaban J connectivity index is 1.91. The molecule has 0 saturated heterocycles. The van der Waals surface area contributed by atoms with Crippen LogP contribution in [0.5, 0.6) is 0 Å². The van der Waals surface area contributed by atoms with Gasteiger partial charge in [-0.25, -0.2) is 9.37 Å². The monoisotopic (exact) mass is 432 g/mol. The number of pyridine rings is 1. The Morgan fingerprint density at radius 3 is 2.48 bits per heavy atom. The SMILES string of the molecule is O=C(O)C[C@H](NC(=O)c1cccc(-c2ccccc2F)n1)c1cccc(Cl)c1Cl. The minimum atomic E-state index is -1.13. The van der Waals surface area contributed by atoms with Crippen LogP contribution in [0.25, 0.3) is 11.3 Å². The Labute approximate surface area is 176 Å². The van der Waals surface area contributed by atoms with Crippen LogP contribution in [0.2, 0.25) is 10.0 Å². The average Bonchev–Trinajstić information content (AvgIpc) is 2.69. The summed E-state index contributed by atoms with van der Waals surface area (Å²) < 4.78 is 14.0. The predicted octanol–water partition coefficient (Wildman–Crippen LogP) is 5.14. The lowest BCUT2D eigenvalue weighted by molar-refractivity contribution is -0.137. The normalized spacial score (nSPS) is 11.7. The number of carboxylic acids is 1. The molecule has 1 atom stereocenters. The van der Waals surface area contributed by atoms with Gasteiger partial charge >= 0.3 is 5.97 Å². The molecule has 0 aliphatic carbocycles. The summed E-state index contributed by atoms with van der Waals surface area (Å²) in [6.45, 7) is 0. The quantitative estimate of drug-likeness (QED) is 0.564. The maximum absolute atomic E-state index is 14.0. The number of nitrogens with zero attached hydrogens (tertiary/aromatic N) is 1. The van der Waals surface area contributed by atoms with E-state index in [4.69, 9.17) is 23.2 Å². The summed E-state index contributed by atoms with van der Waals surface area (Å²) in [5.41, 5.74) is 0.924. The first-order valence-corrected chi connectivity index (χ1v) is 9.31. The molecule has 5 nitrogen and oxygen atoms in total. The van der Waals surface area contributed by atoms with Crippen LogP contribution in [-0.4, -0.2) is 22.0 Å². The van der Waals surface area contributed by atoms with Gasteiger partial charge in [0.2, 0.25) is 0 Å². The highest BCUT2D eigenvalue weighted by Gasteiger charge is 2.23. The molecule has 0 radical (unpaired) electrons. The lowest BCUT2D eigenvalue weighted by atomic mass is 10.0. The van der Waals surface area contributed by atoms with E-state index in [9.17, 15) is 19.1 Å². The summed E-state index contributed by atoms with van der Waals surface area (Å²) in [5, 5.41) is 12.3. The molecule has 1 heterocycles. The summed E-state index contributed by atoms with van der Waals surface area (Å²) in [6.07, 6.45) is -0.404. The third-order valence-electron chi connectivity index (χ3n) is 4.17. The van der Waals surface area contributed by atoms with E-state index in [0.717, 1.165) is 0 Å². The molecule has 2 aromatic carbocycles. The molecule has 0 aliphatic heterocycles. The standard InChI is InChI=1S/C21H15Cl2FN2O3/c22-14-7-3-6-13(20(14)23)18(11-19(27)28)26-21(29)17-10-4-9-16(25-17)12-5-1-2-8-15(12)24/h1-10,18H,11H2,(H,26,29)(H,27,28)/t18-/m0/s1. The molecule has 148 valence electrons. The maximum atomic E-state index is 14.0. The van der Waals surface area contributed by atoms with Crippen molar-refractivity contribution in [3.8, 4) is 11.3 Å². The molecule has 0 bridgehead atoms. The number of aliphatic carboxylic acids is 1. The van der Waals surface area contributed by atoms with Gasteiger partial charge in [-0.15, -0.1) is 0 Å². The van der Waals surface area contributed by atoms with Crippen LogP contribution < -0.4 is 5.32 Å². The van der Waals surface area contributed by atoms with Crippen LogP contribution in [0, 0.1) is 5.82 Å². The summed E-state index contributed by atoms with van der Waals surface area (Å²) in [6, 6.07) is 14.5. The van der Waals surface area contributed by atoms with Crippen molar-refractivity contribution in [2.45, 2.75) is 12.5 Å². The Hall–Kier alpha value is -2.96. The van der Waals surface area contributed by atoms with Gasteiger partial charge in [-0.2, -0.15) is 0 Å². The smallest absolute Gasteiger partial charge is 0.305 e. The highest BCUT2D eigenvalue weighted by atomic mass is 35.5. The number of carboxylic acid groups (broad SMARTS) is 1. The topological polar surface area (TPSA) is 79.3 Å². The predicted molar refractivity (Wildman–Crippen MR) is 109 cm³/mol. The number of amides is 1. The molecule has 0 aliphatic rings. The fourth-order valence-electron chi connectivity index (χ4n) is 2.82. The molecule has 1 amide bonds. The molecule has 0 saturated carbocycles. The van der Waals surface area contributed by atoms with Gasteiger partial charge in [-0.1, -0.05) is 53.5 Å². The largest absolute Gasteiger partial charge is 0.481 e. The van der Waals surface area contributed by atoms with Crippen molar-refractivity contribution in [3.05, 3.63) is 87.8 Å².